The molecule has 0 aliphatic heterocycles. The Morgan fingerprint density at radius 2 is 1.81 bits per heavy atom. The van der Waals surface area contributed by atoms with Crippen LogP contribution in [0.4, 0.5) is 21.4 Å². The van der Waals surface area contributed by atoms with Gasteiger partial charge < -0.3 is 16.4 Å². The van der Waals surface area contributed by atoms with Crippen molar-refractivity contribution >= 4 is 51.2 Å². The summed E-state index contributed by atoms with van der Waals surface area (Å²) < 4.78 is 0. The van der Waals surface area contributed by atoms with Gasteiger partial charge in [0.1, 0.15) is 15.7 Å². The first-order valence-electron chi connectivity index (χ1n) is 9.21. The molecule has 4 rings (SSSR count). The zero-order valence-electron chi connectivity index (χ0n) is 16.4. The third-order valence-electron chi connectivity index (χ3n) is 4.25. The summed E-state index contributed by atoms with van der Waals surface area (Å²) in [6.07, 6.45) is 0. The molecule has 5 N–H and O–H groups in total. The first kappa shape index (κ1) is 20.5. The van der Waals surface area contributed by atoms with E-state index in [1.165, 1.54) is 29.7 Å². The van der Waals surface area contributed by atoms with Crippen LogP contribution in [0, 0.1) is 0 Å². The first-order chi connectivity index (χ1) is 15.0. The number of nitrogens with one attached hydrogen (secondary N) is 3. The van der Waals surface area contributed by atoms with E-state index in [9.17, 15) is 9.59 Å². The monoisotopic (exact) mass is 450 g/mol. The average Bonchev–Trinajstić information content (AvgIpc) is 3.41. The molecule has 0 radical (unpaired) electrons. The molecule has 2 aromatic carbocycles. The maximum atomic E-state index is 12.4. The van der Waals surface area contributed by atoms with Crippen LogP contribution in [0.25, 0.3) is 21.1 Å². The normalized spacial score (nSPS) is 10.5. The Hall–Kier alpha value is -3.76. The van der Waals surface area contributed by atoms with Gasteiger partial charge in [-0.2, -0.15) is 0 Å². The average molecular weight is 451 g/mol. The minimum Gasteiger partial charge on any atom is -0.382 e. The Labute approximate surface area is 186 Å². The van der Waals surface area contributed by atoms with Crippen molar-refractivity contribution in [2.24, 2.45) is 0 Å². The molecule has 3 amide bonds. The number of hydrogen-bond donors (Lipinski definition) is 4. The minimum atomic E-state index is -0.366. The largest absolute Gasteiger partial charge is 0.382 e. The van der Waals surface area contributed by atoms with Crippen molar-refractivity contribution < 1.29 is 9.59 Å². The molecule has 4 aromatic rings. The molecule has 0 unspecified atom stereocenters. The van der Waals surface area contributed by atoms with Crippen molar-refractivity contribution in [3.8, 4) is 21.1 Å². The number of hydrogen-bond acceptors (Lipinski definition) is 7. The van der Waals surface area contributed by atoms with E-state index in [1.54, 1.807) is 12.1 Å². The van der Waals surface area contributed by atoms with E-state index in [0.29, 0.717) is 32.1 Å². The van der Waals surface area contributed by atoms with Crippen LogP contribution in [0.3, 0.4) is 0 Å². The van der Waals surface area contributed by atoms with E-state index in [2.05, 4.69) is 25.9 Å². The summed E-state index contributed by atoms with van der Waals surface area (Å²) in [6, 6.07) is 16.2. The number of aromatic nitrogens is 2. The second kappa shape index (κ2) is 8.94. The highest BCUT2D eigenvalue weighted by Gasteiger charge is 2.16. The maximum absolute atomic E-state index is 12.4. The molecular weight excluding hydrogens is 432 g/mol. The highest BCUT2D eigenvalue weighted by molar-refractivity contribution is 7.23. The van der Waals surface area contributed by atoms with Crippen LogP contribution in [0.1, 0.15) is 10.4 Å². The number of nitrogen functional groups attached to an aromatic ring is 1. The predicted octanol–water partition coefficient (Wildman–Crippen LogP) is 4.52. The highest BCUT2D eigenvalue weighted by atomic mass is 32.1. The number of urea groups is 1. The Morgan fingerprint density at radius 3 is 2.58 bits per heavy atom. The van der Waals surface area contributed by atoms with Crippen LogP contribution in [0.2, 0.25) is 0 Å². The van der Waals surface area contributed by atoms with Gasteiger partial charge in [-0.1, -0.05) is 41.7 Å². The van der Waals surface area contributed by atoms with Crippen LogP contribution in [0.5, 0.6) is 0 Å². The molecular formula is C21H18N6O2S2. The molecule has 31 heavy (non-hydrogen) atoms. The minimum absolute atomic E-state index is 0.176. The van der Waals surface area contributed by atoms with Crippen LogP contribution in [-0.4, -0.2) is 29.0 Å². The number of rotatable bonds is 5. The third-order valence-corrected chi connectivity index (χ3v) is 6.23. The fraction of sp³-hybridized carbons (Fsp3) is 0.0476. The van der Waals surface area contributed by atoms with Gasteiger partial charge in [0.25, 0.3) is 5.91 Å². The summed E-state index contributed by atoms with van der Waals surface area (Å²) in [5, 5.41) is 11.0. The smallest absolute Gasteiger partial charge is 0.320 e. The molecule has 0 fully saturated rings. The van der Waals surface area contributed by atoms with Gasteiger partial charge in [0, 0.05) is 29.2 Å². The molecule has 0 saturated carbocycles. The van der Waals surface area contributed by atoms with Crippen molar-refractivity contribution in [1.29, 1.82) is 0 Å². The van der Waals surface area contributed by atoms with E-state index in [4.69, 9.17) is 5.73 Å². The van der Waals surface area contributed by atoms with Crippen LogP contribution in [0.15, 0.2) is 60.0 Å². The van der Waals surface area contributed by atoms with Gasteiger partial charge in [0.05, 0.1) is 5.69 Å². The summed E-state index contributed by atoms with van der Waals surface area (Å²) in [5.74, 6) is 0.131. The number of benzene rings is 2. The van der Waals surface area contributed by atoms with Gasteiger partial charge in [-0.3, -0.25) is 10.1 Å². The van der Waals surface area contributed by atoms with Crippen LogP contribution >= 0.6 is 22.7 Å². The summed E-state index contributed by atoms with van der Waals surface area (Å²) >= 11 is 2.69. The zero-order valence-corrected chi connectivity index (χ0v) is 18.0. The molecule has 10 heteroatoms. The number of nitrogens with two attached hydrogens (primary N) is 1. The predicted molar refractivity (Wildman–Crippen MR) is 126 cm³/mol. The van der Waals surface area contributed by atoms with E-state index in [-0.39, 0.29) is 11.9 Å². The summed E-state index contributed by atoms with van der Waals surface area (Å²) in [5.41, 5.74) is 8.90. The lowest BCUT2D eigenvalue weighted by molar-refractivity contribution is 0.102. The van der Waals surface area contributed by atoms with E-state index in [0.717, 1.165) is 11.3 Å². The molecule has 2 aromatic heterocycles. The lowest BCUT2D eigenvalue weighted by atomic mass is 10.1. The van der Waals surface area contributed by atoms with E-state index < -0.39 is 0 Å². The van der Waals surface area contributed by atoms with E-state index >= 15 is 0 Å². The Balaban J connectivity index is 1.54. The molecule has 0 aliphatic carbocycles. The van der Waals surface area contributed by atoms with Crippen molar-refractivity contribution in [2.75, 3.05) is 23.4 Å². The van der Waals surface area contributed by atoms with Gasteiger partial charge >= 0.3 is 6.03 Å². The first-order valence-corrected chi connectivity index (χ1v) is 10.9. The summed E-state index contributed by atoms with van der Waals surface area (Å²) in [4.78, 5) is 33.4. The van der Waals surface area contributed by atoms with Crippen molar-refractivity contribution in [3.63, 3.8) is 0 Å². The molecule has 8 nitrogen and oxygen atoms in total. The zero-order chi connectivity index (χ0) is 21.8. The third kappa shape index (κ3) is 4.71. The van der Waals surface area contributed by atoms with Crippen molar-refractivity contribution in [3.05, 3.63) is 65.5 Å². The van der Waals surface area contributed by atoms with Gasteiger partial charge in [0.2, 0.25) is 0 Å². The fourth-order valence-electron chi connectivity index (χ4n) is 2.76. The SMILES string of the molecule is CNC(=O)Nc1nc(N)c(-c2nc(-c3cccc(NC(=O)c4ccccc4)c3)cs2)s1. The van der Waals surface area contributed by atoms with Crippen LogP contribution < -0.4 is 21.7 Å². The summed E-state index contributed by atoms with van der Waals surface area (Å²) in [6.45, 7) is 0. The molecule has 2 heterocycles. The van der Waals surface area contributed by atoms with E-state index in [1.807, 2.05) is 47.8 Å². The second-order valence-electron chi connectivity index (χ2n) is 6.38. The van der Waals surface area contributed by atoms with Crippen molar-refractivity contribution in [1.82, 2.24) is 15.3 Å². The van der Waals surface area contributed by atoms with Crippen LogP contribution in [-0.2, 0) is 0 Å². The maximum Gasteiger partial charge on any atom is 0.320 e. The molecule has 0 saturated heterocycles. The number of carbonyl (C=O) groups is 2. The number of nitrogens with zero attached hydrogens (tertiary/aromatic N) is 2. The number of thiazole rings is 2. The van der Waals surface area contributed by atoms with Crippen molar-refractivity contribution in [2.45, 2.75) is 0 Å². The molecule has 156 valence electrons. The van der Waals surface area contributed by atoms with Gasteiger partial charge in [-0.05, 0) is 24.3 Å². The Bertz CT molecular complexity index is 1240. The summed E-state index contributed by atoms with van der Waals surface area (Å²) in [7, 11) is 1.52. The Morgan fingerprint density at radius 1 is 1.00 bits per heavy atom. The highest BCUT2D eigenvalue weighted by Crippen LogP contribution is 2.38. The number of carbonyl (C=O) groups excluding carboxylic acids is 2. The van der Waals surface area contributed by atoms with Gasteiger partial charge in [0.15, 0.2) is 5.13 Å². The van der Waals surface area contributed by atoms with Gasteiger partial charge in [-0.15, -0.1) is 11.3 Å². The molecule has 0 aliphatic rings. The topological polar surface area (TPSA) is 122 Å². The fourth-order valence-corrected chi connectivity index (χ4v) is 4.57. The lowest BCUT2D eigenvalue weighted by Crippen LogP contribution is -2.24. The Kier molecular flexibility index (Phi) is 5.92. The quantitative estimate of drug-likeness (QED) is 0.356. The lowest BCUT2D eigenvalue weighted by Gasteiger charge is -2.06. The molecule has 0 atom stereocenters. The molecule has 0 spiro atoms. The number of anilines is 3. The molecule has 0 bridgehead atoms. The van der Waals surface area contributed by atoms with Gasteiger partial charge in [-0.25, -0.2) is 14.8 Å². The number of amides is 3. The second-order valence-corrected chi connectivity index (χ2v) is 8.23. The standard InChI is InChI=1S/C21H18N6O2S2/c1-23-20(29)27-21-26-17(22)16(31-21)19-25-15(11-30-19)13-8-5-9-14(10-13)24-18(28)12-6-3-2-4-7-12/h2-11H,22H2,1H3,(H,24,28)(H2,23,26,27,29).